The molecule has 0 aromatic carbocycles. The second-order valence-corrected chi connectivity index (χ2v) is 2.98. The number of pyridine rings is 1. The zero-order chi connectivity index (χ0) is 11.5. The smallest absolute Gasteiger partial charge is 0.345 e. The molecule has 0 saturated carbocycles. The first kappa shape index (κ1) is 10.2. The van der Waals surface area contributed by atoms with Gasteiger partial charge in [0, 0.05) is 6.20 Å². The fourth-order valence-electron chi connectivity index (χ4n) is 1.28. The van der Waals surface area contributed by atoms with E-state index >= 15 is 0 Å². The van der Waals surface area contributed by atoms with E-state index in [1.165, 1.54) is 7.11 Å². The molecular weight excluding hydrogens is 210 g/mol. The van der Waals surface area contributed by atoms with E-state index in [1.807, 2.05) is 0 Å². The Morgan fingerprint density at radius 3 is 2.94 bits per heavy atom. The minimum atomic E-state index is -0.598. The standard InChI is InChI=1S/C10H9N3O3/c1-15-10(14)7-8(13-16-9(7)11)6-4-2-3-5-12-6/h2-5H,11H2,1H3. The molecule has 16 heavy (non-hydrogen) atoms. The van der Waals surface area contributed by atoms with Gasteiger partial charge in [0.25, 0.3) is 0 Å². The van der Waals surface area contributed by atoms with Crippen molar-refractivity contribution in [3.05, 3.63) is 30.0 Å². The first-order valence-electron chi connectivity index (χ1n) is 4.49. The maximum Gasteiger partial charge on any atom is 0.345 e. The molecule has 2 rings (SSSR count). The van der Waals surface area contributed by atoms with Crippen LogP contribution >= 0.6 is 0 Å². The van der Waals surface area contributed by atoms with Crippen molar-refractivity contribution < 1.29 is 14.1 Å². The molecule has 6 heteroatoms. The van der Waals surface area contributed by atoms with Crippen LogP contribution in [0.3, 0.4) is 0 Å². The lowest BCUT2D eigenvalue weighted by atomic mass is 10.1. The van der Waals surface area contributed by atoms with Gasteiger partial charge in [-0.3, -0.25) is 4.98 Å². The summed E-state index contributed by atoms with van der Waals surface area (Å²) in [4.78, 5) is 15.5. The zero-order valence-electron chi connectivity index (χ0n) is 8.51. The highest BCUT2D eigenvalue weighted by Gasteiger charge is 2.23. The fourth-order valence-corrected chi connectivity index (χ4v) is 1.28. The summed E-state index contributed by atoms with van der Waals surface area (Å²) in [7, 11) is 1.26. The summed E-state index contributed by atoms with van der Waals surface area (Å²) in [5, 5.41) is 3.69. The monoisotopic (exact) mass is 219 g/mol. The number of hydrogen-bond acceptors (Lipinski definition) is 6. The normalized spacial score (nSPS) is 10.1. The van der Waals surface area contributed by atoms with Crippen molar-refractivity contribution in [1.29, 1.82) is 0 Å². The van der Waals surface area contributed by atoms with E-state index in [9.17, 15) is 4.79 Å². The van der Waals surface area contributed by atoms with Gasteiger partial charge in [-0.2, -0.15) is 0 Å². The molecule has 0 amide bonds. The molecule has 0 radical (unpaired) electrons. The first-order valence-corrected chi connectivity index (χ1v) is 4.49. The average molecular weight is 219 g/mol. The number of hydrogen-bond donors (Lipinski definition) is 1. The van der Waals surface area contributed by atoms with E-state index in [1.54, 1.807) is 24.4 Å². The van der Waals surface area contributed by atoms with Crippen molar-refractivity contribution in [1.82, 2.24) is 10.1 Å². The van der Waals surface area contributed by atoms with E-state index in [0.29, 0.717) is 5.69 Å². The summed E-state index contributed by atoms with van der Waals surface area (Å²) in [5.41, 5.74) is 6.38. The second kappa shape index (κ2) is 4.01. The highest BCUT2D eigenvalue weighted by atomic mass is 16.5. The molecule has 0 bridgehead atoms. The molecule has 0 saturated heterocycles. The Kier molecular flexibility index (Phi) is 2.55. The van der Waals surface area contributed by atoms with Crippen LogP contribution in [0, 0.1) is 0 Å². The number of carbonyl (C=O) groups is 1. The molecule has 0 spiro atoms. The lowest BCUT2D eigenvalue weighted by Crippen LogP contribution is -2.05. The lowest BCUT2D eigenvalue weighted by molar-refractivity contribution is 0.0602. The van der Waals surface area contributed by atoms with Crippen LogP contribution in [-0.4, -0.2) is 23.2 Å². The third-order valence-electron chi connectivity index (χ3n) is 2.02. The third-order valence-corrected chi connectivity index (χ3v) is 2.02. The van der Waals surface area contributed by atoms with Gasteiger partial charge >= 0.3 is 5.97 Å². The summed E-state index contributed by atoms with van der Waals surface area (Å²) in [5.74, 6) is -0.674. The highest BCUT2D eigenvalue weighted by molar-refractivity contribution is 5.99. The Bertz CT molecular complexity index is 507. The summed E-state index contributed by atoms with van der Waals surface area (Å²) >= 11 is 0. The van der Waals surface area contributed by atoms with Gasteiger partial charge in [-0.25, -0.2) is 4.79 Å². The minimum absolute atomic E-state index is 0.0764. The van der Waals surface area contributed by atoms with Gasteiger partial charge in [-0.1, -0.05) is 11.2 Å². The molecule has 0 atom stereocenters. The number of methoxy groups -OCH3 is 1. The van der Waals surface area contributed by atoms with Crippen LogP contribution in [-0.2, 0) is 4.74 Å². The Morgan fingerprint density at radius 1 is 1.50 bits per heavy atom. The van der Waals surface area contributed by atoms with Crippen molar-refractivity contribution >= 4 is 11.9 Å². The van der Waals surface area contributed by atoms with Gasteiger partial charge in [0.2, 0.25) is 5.88 Å². The number of carbonyl (C=O) groups excluding carboxylic acids is 1. The Labute approximate surface area is 91.0 Å². The van der Waals surface area contributed by atoms with E-state index in [-0.39, 0.29) is 17.1 Å². The molecule has 2 N–H and O–H groups in total. The van der Waals surface area contributed by atoms with Crippen molar-refractivity contribution in [3.8, 4) is 11.4 Å². The highest BCUT2D eigenvalue weighted by Crippen LogP contribution is 2.25. The second-order valence-electron chi connectivity index (χ2n) is 2.98. The number of anilines is 1. The number of nitrogens with zero attached hydrogens (tertiary/aromatic N) is 2. The molecule has 0 aliphatic carbocycles. The summed E-state index contributed by atoms with van der Waals surface area (Å²) in [6.07, 6.45) is 1.58. The number of aromatic nitrogens is 2. The summed E-state index contributed by atoms with van der Waals surface area (Å²) in [6, 6.07) is 5.22. The molecule has 0 aliphatic heterocycles. The maximum absolute atomic E-state index is 11.5. The van der Waals surface area contributed by atoms with Crippen LogP contribution in [0.15, 0.2) is 28.9 Å². The van der Waals surface area contributed by atoms with Crippen LogP contribution in [0.5, 0.6) is 0 Å². The number of rotatable bonds is 2. The van der Waals surface area contributed by atoms with Crippen molar-refractivity contribution in [2.24, 2.45) is 0 Å². The Balaban J connectivity index is 2.55. The van der Waals surface area contributed by atoms with Crippen LogP contribution in [0.2, 0.25) is 0 Å². The maximum atomic E-state index is 11.5. The predicted octanol–water partition coefficient (Wildman–Crippen LogP) is 1.11. The van der Waals surface area contributed by atoms with Crippen LogP contribution in [0.4, 0.5) is 5.88 Å². The molecule has 0 unspecified atom stereocenters. The topological polar surface area (TPSA) is 91.2 Å². The SMILES string of the molecule is COC(=O)c1c(-c2ccccn2)noc1N. The van der Waals surface area contributed by atoms with Crippen molar-refractivity contribution in [2.45, 2.75) is 0 Å². The van der Waals surface area contributed by atoms with Crippen LogP contribution in [0.25, 0.3) is 11.4 Å². The first-order chi connectivity index (χ1) is 7.74. The van der Waals surface area contributed by atoms with Crippen LogP contribution < -0.4 is 5.73 Å². The van der Waals surface area contributed by atoms with Crippen molar-refractivity contribution in [3.63, 3.8) is 0 Å². The molecule has 0 fully saturated rings. The van der Waals surface area contributed by atoms with Crippen molar-refractivity contribution in [2.75, 3.05) is 12.8 Å². The lowest BCUT2D eigenvalue weighted by Gasteiger charge is -1.98. The van der Waals surface area contributed by atoms with E-state index in [2.05, 4.69) is 14.9 Å². The zero-order valence-corrected chi connectivity index (χ0v) is 8.51. The number of nitrogens with two attached hydrogens (primary N) is 1. The molecular formula is C10H9N3O3. The van der Waals surface area contributed by atoms with Crippen LogP contribution in [0.1, 0.15) is 10.4 Å². The fraction of sp³-hybridized carbons (Fsp3) is 0.100. The number of esters is 1. The molecule has 6 nitrogen and oxygen atoms in total. The van der Waals surface area contributed by atoms with Gasteiger partial charge in [-0.05, 0) is 12.1 Å². The molecule has 2 heterocycles. The van der Waals surface area contributed by atoms with Gasteiger partial charge < -0.3 is 15.0 Å². The molecule has 82 valence electrons. The quantitative estimate of drug-likeness (QED) is 0.760. The van der Waals surface area contributed by atoms with Gasteiger partial charge in [0.05, 0.1) is 12.8 Å². The number of nitrogen functional groups attached to an aromatic ring is 1. The van der Waals surface area contributed by atoms with E-state index in [4.69, 9.17) is 10.3 Å². The van der Waals surface area contributed by atoms with Gasteiger partial charge in [0.1, 0.15) is 5.69 Å². The summed E-state index contributed by atoms with van der Waals surface area (Å²) < 4.78 is 9.35. The minimum Gasteiger partial charge on any atom is -0.465 e. The summed E-state index contributed by atoms with van der Waals surface area (Å²) in [6.45, 7) is 0. The van der Waals surface area contributed by atoms with Gasteiger partial charge in [0.15, 0.2) is 5.56 Å². The largest absolute Gasteiger partial charge is 0.465 e. The Morgan fingerprint density at radius 2 is 2.31 bits per heavy atom. The number of ether oxygens (including phenoxy) is 1. The van der Waals surface area contributed by atoms with E-state index in [0.717, 1.165) is 0 Å². The predicted molar refractivity (Wildman–Crippen MR) is 55.5 cm³/mol. The third kappa shape index (κ3) is 1.60. The molecule has 2 aromatic heterocycles. The molecule has 2 aromatic rings. The van der Waals surface area contributed by atoms with Gasteiger partial charge in [-0.15, -0.1) is 0 Å². The van der Waals surface area contributed by atoms with E-state index < -0.39 is 5.97 Å². The molecule has 0 aliphatic rings. The Hall–Kier alpha value is -2.37. The average Bonchev–Trinajstić information content (AvgIpc) is 2.71.